The quantitative estimate of drug-likeness (QED) is 0.856. The number of ether oxygens (including phenoxy) is 1. The van der Waals surface area contributed by atoms with E-state index in [-0.39, 0.29) is 29.4 Å². The third kappa shape index (κ3) is 3.33. The van der Waals surface area contributed by atoms with E-state index in [1.54, 1.807) is 6.08 Å². The summed E-state index contributed by atoms with van der Waals surface area (Å²) >= 11 is 0. The van der Waals surface area contributed by atoms with E-state index >= 15 is 0 Å². The maximum atomic E-state index is 12.6. The lowest BCUT2D eigenvalue weighted by molar-refractivity contribution is -0.163. The van der Waals surface area contributed by atoms with Crippen LogP contribution < -0.4 is 5.32 Å². The summed E-state index contributed by atoms with van der Waals surface area (Å²) in [4.78, 5) is 25.5. The van der Waals surface area contributed by atoms with E-state index in [1.165, 1.54) is 6.92 Å². The number of rotatable bonds is 4. The van der Waals surface area contributed by atoms with E-state index in [4.69, 9.17) is 4.74 Å². The summed E-state index contributed by atoms with van der Waals surface area (Å²) in [5.74, 6) is 0.362. The smallest absolute Gasteiger partial charge is 0.246 e. The normalized spacial score (nSPS) is 26.8. The van der Waals surface area contributed by atoms with Gasteiger partial charge in [0, 0.05) is 49.7 Å². The zero-order chi connectivity index (χ0) is 18.2. The molecule has 2 fully saturated rings. The van der Waals surface area contributed by atoms with E-state index in [9.17, 15) is 9.59 Å². The van der Waals surface area contributed by atoms with Gasteiger partial charge in [-0.3, -0.25) is 9.59 Å². The number of hydrogen-bond acceptors (Lipinski definition) is 3. The van der Waals surface area contributed by atoms with Crippen molar-refractivity contribution < 1.29 is 14.3 Å². The van der Waals surface area contributed by atoms with Gasteiger partial charge in [0.25, 0.3) is 0 Å². The van der Waals surface area contributed by atoms with Crippen molar-refractivity contribution in [2.24, 2.45) is 11.3 Å². The lowest BCUT2D eigenvalue weighted by Crippen LogP contribution is -2.66. The number of carbonyl (C=O) groups is 2. The summed E-state index contributed by atoms with van der Waals surface area (Å²) in [5.41, 5.74) is 1.67. The van der Waals surface area contributed by atoms with Crippen LogP contribution in [0.15, 0.2) is 30.3 Å². The fraction of sp³-hybridized carbons (Fsp3) is 0.500. The van der Waals surface area contributed by atoms with Gasteiger partial charge in [0.05, 0.1) is 6.10 Å². The zero-order valence-electron chi connectivity index (χ0n) is 15.3. The van der Waals surface area contributed by atoms with Gasteiger partial charge < -0.3 is 15.0 Å². The molecule has 1 aromatic rings. The lowest BCUT2D eigenvalue weighted by Gasteiger charge is -2.57. The third-order valence-electron chi connectivity index (χ3n) is 5.45. The van der Waals surface area contributed by atoms with Gasteiger partial charge in [0.1, 0.15) is 0 Å². The van der Waals surface area contributed by atoms with Crippen molar-refractivity contribution in [3.05, 3.63) is 35.9 Å². The number of fused-ring (bicyclic) bond motifs is 1. The van der Waals surface area contributed by atoms with Crippen molar-refractivity contribution in [2.75, 3.05) is 19.0 Å². The summed E-state index contributed by atoms with van der Waals surface area (Å²) < 4.78 is 5.81. The predicted octanol–water partition coefficient (Wildman–Crippen LogP) is 2.93. The van der Waals surface area contributed by atoms with Crippen LogP contribution in [0.4, 0.5) is 5.69 Å². The Kier molecular flexibility index (Phi) is 4.69. The standard InChI is InChI=1S/C20H26N2O3/c1-13(23)21-15-8-5-14(6-9-15)7-10-17(24)22(4)18-16-11-12-25-19(16)20(18,2)3/h5-10,16,18-19H,11-12H2,1-4H3,(H,21,23)/b10-7-/t16-,18+,19-/m0/s1. The second-order valence-corrected chi connectivity index (χ2v) is 7.60. The first kappa shape index (κ1) is 17.7. The highest BCUT2D eigenvalue weighted by Gasteiger charge is 2.61. The molecule has 1 saturated heterocycles. The van der Waals surface area contributed by atoms with Gasteiger partial charge in [-0.25, -0.2) is 0 Å². The molecule has 5 nitrogen and oxygen atoms in total. The Morgan fingerprint density at radius 1 is 1.28 bits per heavy atom. The number of likely N-dealkylation sites (N-methyl/N-ethyl adjacent to an activating group) is 1. The Labute approximate surface area is 149 Å². The average molecular weight is 342 g/mol. The largest absolute Gasteiger partial charge is 0.377 e. The molecule has 1 heterocycles. The van der Waals surface area contributed by atoms with Crippen LogP contribution in [0.25, 0.3) is 6.08 Å². The molecule has 0 aromatic heterocycles. The Hall–Kier alpha value is -2.14. The van der Waals surface area contributed by atoms with Crippen LogP contribution in [0.3, 0.4) is 0 Å². The Morgan fingerprint density at radius 3 is 2.60 bits per heavy atom. The van der Waals surface area contributed by atoms with Crippen LogP contribution in [0.2, 0.25) is 0 Å². The lowest BCUT2D eigenvalue weighted by atomic mass is 9.57. The number of benzene rings is 1. The van der Waals surface area contributed by atoms with Gasteiger partial charge in [0.15, 0.2) is 0 Å². The van der Waals surface area contributed by atoms with Crippen LogP contribution in [-0.4, -0.2) is 42.5 Å². The van der Waals surface area contributed by atoms with E-state index in [0.717, 1.165) is 24.3 Å². The third-order valence-corrected chi connectivity index (χ3v) is 5.45. The maximum absolute atomic E-state index is 12.6. The van der Waals surface area contributed by atoms with E-state index in [2.05, 4.69) is 19.2 Å². The molecule has 25 heavy (non-hydrogen) atoms. The van der Waals surface area contributed by atoms with Gasteiger partial charge >= 0.3 is 0 Å². The second-order valence-electron chi connectivity index (χ2n) is 7.60. The van der Waals surface area contributed by atoms with Crippen molar-refractivity contribution >= 4 is 23.6 Å². The summed E-state index contributed by atoms with van der Waals surface area (Å²) in [5, 5.41) is 2.73. The average Bonchev–Trinajstić information content (AvgIpc) is 2.99. The van der Waals surface area contributed by atoms with E-state index in [1.807, 2.05) is 42.3 Å². The van der Waals surface area contributed by atoms with Crippen LogP contribution in [-0.2, 0) is 14.3 Å². The van der Waals surface area contributed by atoms with Crippen molar-refractivity contribution in [1.29, 1.82) is 0 Å². The number of carbonyl (C=O) groups excluding carboxylic acids is 2. The van der Waals surface area contributed by atoms with Crippen LogP contribution in [0.1, 0.15) is 32.8 Å². The van der Waals surface area contributed by atoms with E-state index < -0.39 is 0 Å². The molecule has 1 N–H and O–H groups in total. The molecule has 3 atom stereocenters. The molecule has 5 heteroatoms. The number of nitrogens with one attached hydrogen (secondary N) is 1. The fourth-order valence-corrected chi connectivity index (χ4v) is 4.39. The summed E-state index contributed by atoms with van der Waals surface area (Å²) in [6, 6.07) is 7.63. The minimum absolute atomic E-state index is 0.000571. The van der Waals surface area contributed by atoms with Gasteiger partial charge in [0.2, 0.25) is 11.8 Å². The highest BCUT2D eigenvalue weighted by Crippen LogP contribution is 2.54. The molecule has 0 spiro atoms. The molecule has 134 valence electrons. The molecule has 0 unspecified atom stereocenters. The van der Waals surface area contributed by atoms with Crippen LogP contribution >= 0.6 is 0 Å². The molecule has 0 radical (unpaired) electrons. The summed E-state index contributed by atoms with van der Waals surface area (Å²) in [6.45, 7) is 6.63. The van der Waals surface area contributed by atoms with Gasteiger partial charge in [-0.2, -0.15) is 0 Å². The first-order chi connectivity index (χ1) is 11.8. The SMILES string of the molecule is CC(=O)Nc1ccc(/C=C\C(=O)N(C)[C@@H]2[C@@H]3CCO[C@@H]3C2(C)C)cc1. The maximum Gasteiger partial charge on any atom is 0.246 e. The minimum atomic E-state index is -0.0996. The first-order valence-electron chi connectivity index (χ1n) is 8.75. The van der Waals surface area contributed by atoms with Crippen LogP contribution in [0.5, 0.6) is 0 Å². The highest BCUT2D eigenvalue weighted by atomic mass is 16.5. The summed E-state index contributed by atoms with van der Waals surface area (Å²) in [7, 11) is 1.88. The molecule has 1 saturated carbocycles. The Balaban J connectivity index is 1.63. The molecule has 0 bridgehead atoms. The molecule has 3 rings (SSSR count). The molecular weight excluding hydrogens is 316 g/mol. The monoisotopic (exact) mass is 342 g/mol. The summed E-state index contributed by atoms with van der Waals surface area (Å²) in [6.07, 6.45) is 4.74. The Bertz CT molecular complexity index is 693. The number of hydrogen-bond donors (Lipinski definition) is 1. The zero-order valence-corrected chi connectivity index (χ0v) is 15.3. The molecule has 2 amide bonds. The fourth-order valence-electron chi connectivity index (χ4n) is 4.39. The number of anilines is 1. The van der Waals surface area contributed by atoms with Crippen molar-refractivity contribution in [1.82, 2.24) is 4.90 Å². The predicted molar refractivity (Wildman–Crippen MR) is 98.0 cm³/mol. The minimum Gasteiger partial charge on any atom is -0.377 e. The first-order valence-corrected chi connectivity index (χ1v) is 8.75. The molecular formula is C20H26N2O3. The second kappa shape index (κ2) is 6.64. The number of amides is 2. The molecule has 2 aliphatic rings. The molecule has 1 aliphatic heterocycles. The van der Waals surface area contributed by atoms with E-state index in [0.29, 0.717) is 5.92 Å². The van der Waals surface area contributed by atoms with Gasteiger partial charge in [-0.1, -0.05) is 26.0 Å². The van der Waals surface area contributed by atoms with Crippen molar-refractivity contribution in [3.63, 3.8) is 0 Å². The number of nitrogens with zero attached hydrogens (tertiary/aromatic N) is 1. The molecule has 1 aromatic carbocycles. The van der Waals surface area contributed by atoms with Crippen LogP contribution in [0, 0.1) is 11.3 Å². The molecule has 1 aliphatic carbocycles. The van der Waals surface area contributed by atoms with Crippen molar-refractivity contribution in [3.8, 4) is 0 Å². The Morgan fingerprint density at radius 2 is 1.96 bits per heavy atom. The van der Waals surface area contributed by atoms with Gasteiger partial charge in [-0.15, -0.1) is 0 Å². The highest BCUT2D eigenvalue weighted by molar-refractivity contribution is 5.92. The topological polar surface area (TPSA) is 58.6 Å². The van der Waals surface area contributed by atoms with Crippen molar-refractivity contribution in [2.45, 2.75) is 39.3 Å². The van der Waals surface area contributed by atoms with Gasteiger partial charge in [-0.05, 0) is 30.2 Å².